The molecule has 0 aromatic rings. The van der Waals surface area contributed by atoms with Gasteiger partial charge in [-0.3, -0.25) is 0 Å². The van der Waals surface area contributed by atoms with Crippen molar-refractivity contribution in [1.82, 2.24) is 0 Å². The molecule has 16 heavy (non-hydrogen) atoms. The SMILES string of the molecule is C=C1C#CCCCCCCCCCCC1O. The van der Waals surface area contributed by atoms with E-state index in [9.17, 15) is 5.11 Å². The van der Waals surface area contributed by atoms with Crippen molar-refractivity contribution in [3.63, 3.8) is 0 Å². The summed E-state index contributed by atoms with van der Waals surface area (Å²) in [6, 6.07) is 0. The summed E-state index contributed by atoms with van der Waals surface area (Å²) >= 11 is 0. The van der Waals surface area contributed by atoms with Gasteiger partial charge in [-0.15, -0.1) is 0 Å². The van der Waals surface area contributed by atoms with E-state index < -0.39 is 6.10 Å². The topological polar surface area (TPSA) is 20.2 Å². The highest BCUT2D eigenvalue weighted by atomic mass is 16.3. The van der Waals surface area contributed by atoms with Gasteiger partial charge in [0.1, 0.15) is 0 Å². The summed E-state index contributed by atoms with van der Waals surface area (Å²) in [5, 5.41) is 9.79. The quantitative estimate of drug-likeness (QED) is 0.615. The fourth-order valence-electron chi connectivity index (χ4n) is 2.05. The van der Waals surface area contributed by atoms with Crippen LogP contribution in [0.4, 0.5) is 0 Å². The van der Waals surface area contributed by atoms with Crippen molar-refractivity contribution in [2.75, 3.05) is 0 Å². The van der Waals surface area contributed by atoms with Gasteiger partial charge < -0.3 is 5.11 Å². The van der Waals surface area contributed by atoms with Gasteiger partial charge in [0, 0.05) is 12.0 Å². The van der Waals surface area contributed by atoms with Gasteiger partial charge in [-0.1, -0.05) is 63.4 Å². The molecule has 1 unspecified atom stereocenters. The van der Waals surface area contributed by atoms with E-state index in [1.54, 1.807) is 0 Å². The average molecular weight is 220 g/mol. The lowest BCUT2D eigenvalue weighted by Gasteiger charge is -2.09. The summed E-state index contributed by atoms with van der Waals surface area (Å²) in [4.78, 5) is 0. The zero-order valence-electron chi connectivity index (χ0n) is 10.3. The van der Waals surface area contributed by atoms with Crippen LogP contribution in [0.2, 0.25) is 0 Å². The molecular formula is C15H24O. The summed E-state index contributed by atoms with van der Waals surface area (Å²) in [5.41, 5.74) is 0.706. The molecular weight excluding hydrogens is 196 g/mol. The zero-order valence-corrected chi connectivity index (χ0v) is 10.3. The molecule has 0 heterocycles. The molecule has 0 saturated heterocycles. The Kier molecular flexibility index (Phi) is 7.01. The first-order valence-corrected chi connectivity index (χ1v) is 6.66. The molecule has 0 amide bonds. The Bertz CT molecular complexity index is 256. The second-order valence-electron chi connectivity index (χ2n) is 4.71. The number of hydrogen-bond acceptors (Lipinski definition) is 1. The normalized spacial score (nSPS) is 25.3. The third-order valence-corrected chi connectivity index (χ3v) is 3.18. The van der Waals surface area contributed by atoms with E-state index in [2.05, 4.69) is 18.4 Å². The van der Waals surface area contributed by atoms with Gasteiger partial charge >= 0.3 is 0 Å². The maximum atomic E-state index is 9.79. The molecule has 1 aliphatic carbocycles. The fraction of sp³-hybridized carbons (Fsp3) is 0.733. The van der Waals surface area contributed by atoms with Crippen LogP contribution >= 0.6 is 0 Å². The molecule has 0 bridgehead atoms. The molecule has 90 valence electrons. The average Bonchev–Trinajstić information content (AvgIpc) is 2.29. The molecule has 1 nitrogen and oxygen atoms in total. The molecule has 0 saturated carbocycles. The molecule has 1 N–H and O–H groups in total. The number of aliphatic hydroxyl groups excluding tert-OH is 1. The number of hydrogen-bond donors (Lipinski definition) is 1. The van der Waals surface area contributed by atoms with Gasteiger partial charge in [0.05, 0.1) is 6.10 Å². The lowest BCUT2D eigenvalue weighted by Crippen LogP contribution is -2.08. The molecule has 0 spiro atoms. The van der Waals surface area contributed by atoms with Crippen molar-refractivity contribution in [2.24, 2.45) is 0 Å². The first-order chi connectivity index (χ1) is 7.80. The largest absolute Gasteiger partial charge is 0.388 e. The molecule has 0 radical (unpaired) electrons. The van der Waals surface area contributed by atoms with Crippen LogP contribution in [-0.4, -0.2) is 11.2 Å². The van der Waals surface area contributed by atoms with Crippen LogP contribution < -0.4 is 0 Å². The molecule has 1 aliphatic rings. The molecule has 1 heteroatoms. The number of rotatable bonds is 0. The lowest BCUT2D eigenvalue weighted by atomic mass is 10.0. The Morgan fingerprint density at radius 2 is 1.50 bits per heavy atom. The van der Waals surface area contributed by atoms with E-state index in [-0.39, 0.29) is 0 Å². The number of aliphatic hydroxyl groups is 1. The van der Waals surface area contributed by atoms with E-state index >= 15 is 0 Å². The molecule has 0 aliphatic heterocycles. The summed E-state index contributed by atoms with van der Waals surface area (Å²) in [6.07, 6.45) is 11.6. The van der Waals surface area contributed by atoms with Crippen LogP contribution in [0.25, 0.3) is 0 Å². The highest BCUT2D eigenvalue weighted by Gasteiger charge is 2.06. The molecule has 1 atom stereocenters. The summed E-state index contributed by atoms with van der Waals surface area (Å²) in [6.45, 7) is 3.84. The van der Waals surface area contributed by atoms with Crippen molar-refractivity contribution in [3.8, 4) is 11.8 Å². The van der Waals surface area contributed by atoms with Crippen LogP contribution in [0, 0.1) is 11.8 Å². The Balaban J connectivity index is 2.38. The van der Waals surface area contributed by atoms with E-state index in [0.717, 1.165) is 19.3 Å². The summed E-state index contributed by atoms with van der Waals surface area (Å²) < 4.78 is 0. The Morgan fingerprint density at radius 3 is 2.19 bits per heavy atom. The third-order valence-electron chi connectivity index (χ3n) is 3.18. The monoisotopic (exact) mass is 220 g/mol. The van der Waals surface area contributed by atoms with Crippen LogP contribution in [0.15, 0.2) is 12.2 Å². The van der Waals surface area contributed by atoms with Gasteiger partial charge in [-0.05, 0) is 12.8 Å². The van der Waals surface area contributed by atoms with Crippen LogP contribution in [0.5, 0.6) is 0 Å². The summed E-state index contributed by atoms with van der Waals surface area (Å²) in [5.74, 6) is 6.10. The standard InChI is InChI=1S/C15H24O/c1-14-12-10-8-6-4-2-3-5-7-9-11-13-15(14)16/h15-16H,1-9,11,13H2. The highest BCUT2D eigenvalue weighted by Crippen LogP contribution is 2.14. The Hall–Kier alpha value is -0.740. The van der Waals surface area contributed by atoms with Crippen LogP contribution in [0.3, 0.4) is 0 Å². The smallest absolute Gasteiger partial charge is 0.0862 e. The van der Waals surface area contributed by atoms with Crippen molar-refractivity contribution in [3.05, 3.63) is 12.2 Å². The minimum atomic E-state index is -0.407. The fourth-order valence-corrected chi connectivity index (χ4v) is 2.05. The Morgan fingerprint density at radius 1 is 0.938 bits per heavy atom. The zero-order chi connectivity index (χ0) is 11.6. The molecule has 0 fully saturated rings. The Labute approximate surface area is 99.9 Å². The molecule has 0 aromatic heterocycles. The maximum Gasteiger partial charge on any atom is 0.0862 e. The molecule has 0 aromatic carbocycles. The minimum Gasteiger partial charge on any atom is -0.388 e. The first kappa shape index (κ1) is 13.3. The van der Waals surface area contributed by atoms with Gasteiger partial charge in [0.2, 0.25) is 0 Å². The molecule has 1 rings (SSSR count). The van der Waals surface area contributed by atoms with Crippen LogP contribution in [0.1, 0.15) is 64.2 Å². The van der Waals surface area contributed by atoms with Gasteiger partial charge in [0.25, 0.3) is 0 Å². The lowest BCUT2D eigenvalue weighted by molar-refractivity contribution is 0.201. The summed E-state index contributed by atoms with van der Waals surface area (Å²) in [7, 11) is 0. The van der Waals surface area contributed by atoms with Gasteiger partial charge in [-0.2, -0.15) is 0 Å². The van der Waals surface area contributed by atoms with Crippen molar-refractivity contribution in [2.45, 2.75) is 70.3 Å². The minimum absolute atomic E-state index is 0.407. The van der Waals surface area contributed by atoms with E-state index in [1.807, 2.05) is 0 Å². The van der Waals surface area contributed by atoms with E-state index in [1.165, 1.54) is 44.9 Å². The van der Waals surface area contributed by atoms with E-state index in [4.69, 9.17) is 0 Å². The first-order valence-electron chi connectivity index (χ1n) is 6.66. The third kappa shape index (κ3) is 5.98. The van der Waals surface area contributed by atoms with Crippen molar-refractivity contribution < 1.29 is 5.11 Å². The second kappa shape index (κ2) is 8.42. The van der Waals surface area contributed by atoms with E-state index in [0.29, 0.717) is 5.57 Å². The van der Waals surface area contributed by atoms with Gasteiger partial charge in [-0.25, -0.2) is 0 Å². The van der Waals surface area contributed by atoms with Crippen molar-refractivity contribution in [1.29, 1.82) is 0 Å². The predicted molar refractivity (Wildman–Crippen MR) is 69.1 cm³/mol. The van der Waals surface area contributed by atoms with Crippen LogP contribution in [-0.2, 0) is 0 Å². The predicted octanol–water partition coefficient (Wildman–Crippen LogP) is 3.82. The van der Waals surface area contributed by atoms with Crippen molar-refractivity contribution >= 4 is 0 Å². The highest BCUT2D eigenvalue weighted by molar-refractivity contribution is 5.28. The second-order valence-corrected chi connectivity index (χ2v) is 4.71. The maximum absolute atomic E-state index is 9.79. The van der Waals surface area contributed by atoms with Gasteiger partial charge in [0.15, 0.2) is 0 Å².